The van der Waals surface area contributed by atoms with Crippen molar-refractivity contribution in [3.05, 3.63) is 211 Å². The number of aliphatic imine (C=N–C) groups is 1. The zero-order valence-electron chi connectivity index (χ0n) is 30.3. The molecule has 4 heterocycles. The molecule has 0 aliphatic carbocycles. The molecule has 56 heavy (non-hydrogen) atoms. The standard InChI is InChI=1S/C51H34N4O/c1-4-14-35(15-5-1)43-32-44(54-51(53-43)38-16-6-2-7-17-38)36-28-24-33(25-29-36)34-26-30-37(31-27-34)47-46-48-50(56-49(46)40-20-10-12-22-42(40)52-47)41-21-11-13-23-45(41)55(48)39-18-8-3-9-19-39/h1-32,43H,(H,53,54). The first-order valence-corrected chi connectivity index (χ1v) is 19.0. The molecule has 0 spiro atoms. The largest absolute Gasteiger partial charge is 0.453 e. The predicted octanol–water partition coefficient (Wildman–Crippen LogP) is 12.5. The van der Waals surface area contributed by atoms with E-state index in [2.05, 4.69) is 180 Å². The van der Waals surface area contributed by atoms with Gasteiger partial charge in [0.2, 0.25) is 0 Å². The molecule has 1 aliphatic heterocycles. The van der Waals surface area contributed by atoms with E-state index < -0.39 is 0 Å². The van der Waals surface area contributed by atoms with Crippen LogP contribution in [0.2, 0.25) is 0 Å². The summed E-state index contributed by atoms with van der Waals surface area (Å²) >= 11 is 0. The monoisotopic (exact) mass is 718 g/mol. The lowest BCUT2D eigenvalue weighted by Crippen LogP contribution is -2.31. The van der Waals surface area contributed by atoms with Crippen molar-refractivity contribution in [2.24, 2.45) is 4.99 Å². The Bertz CT molecular complexity index is 3120. The van der Waals surface area contributed by atoms with Crippen LogP contribution in [0.15, 0.2) is 204 Å². The van der Waals surface area contributed by atoms with Crippen molar-refractivity contribution in [3.63, 3.8) is 0 Å². The second-order valence-electron chi connectivity index (χ2n) is 14.2. The van der Waals surface area contributed by atoms with Gasteiger partial charge in [-0.2, -0.15) is 0 Å². The van der Waals surface area contributed by atoms with Crippen LogP contribution in [-0.2, 0) is 0 Å². The number of fused-ring (bicyclic) bond motifs is 7. The minimum absolute atomic E-state index is 0.00621. The Hall–Kier alpha value is -7.50. The molecule has 7 aromatic carbocycles. The number of nitrogens with zero attached hydrogens (tertiary/aromatic N) is 3. The fourth-order valence-corrected chi connectivity index (χ4v) is 8.14. The molecule has 0 amide bonds. The molecule has 1 atom stereocenters. The third-order valence-corrected chi connectivity index (χ3v) is 10.9. The number of rotatable bonds is 6. The second-order valence-corrected chi connectivity index (χ2v) is 14.2. The molecule has 0 saturated heterocycles. The average molecular weight is 719 g/mol. The number of pyridine rings is 1. The Balaban J connectivity index is 1.00. The van der Waals surface area contributed by atoms with Gasteiger partial charge < -0.3 is 14.3 Å². The van der Waals surface area contributed by atoms with Crippen molar-refractivity contribution >= 4 is 55.4 Å². The van der Waals surface area contributed by atoms with E-state index in [1.807, 2.05) is 24.3 Å². The van der Waals surface area contributed by atoms with Crippen molar-refractivity contribution in [1.82, 2.24) is 14.9 Å². The zero-order valence-corrected chi connectivity index (χ0v) is 30.3. The first kappa shape index (κ1) is 32.0. The van der Waals surface area contributed by atoms with E-state index in [1.54, 1.807) is 0 Å². The summed E-state index contributed by atoms with van der Waals surface area (Å²) in [6.45, 7) is 0. The van der Waals surface area contributed by atoms with Crippen molar-refractivity contribution in [3.8, 4) is 28.1 Å². The van der Waals surface area contributed by atoms with Crippen molar-refractivity contribution in [2.75, 3.05) is 0 Å². The van der Waals surface area contributed by atoms with E-state index >= 15 is 0 Å². The molecule has 5 heteroatoms. The molecule has 0 bridgehead atoms. The SMILES string of the molecule is C1=C(c2ccc(-c3ccc(-c4nc5ccccc5c5oc6c7ccccc7n(-c7ccccc7)c6c45)cc3)cc2)N=C(c2ccccc2)NC1c1ccccc1. The molecule has 1 N–H and O–H groups in total. The summed E-state index contributed by atoms with van der Waals surface area (Å²) in [5.41, 5.74) is 14.3. The van der Waals surface area contributed by atoms with Gasteiger partial charge in [0, 0.05) is 27.6 Å². The number of hydrogen-bond acceptors (Lipinski definition) is 4. The molecule has 3 aromatic heterocycles. The lowest BCUT2D eigenvalue weighted by molar-refractivity contribution is 0.676. The zero-order chi connectivity index (χ0) is 37.0. The molecule has 1 unspecified atom stereocenters. The van der Waals surface area contributed by atoms with Crippen LogP contribution in [0.3, 0.4) is 0 Å². The average Bonchev–Trinajstić information content (AvgIpc) is 3.83. The quantitative estimate of drug-likeness (QED) is 0.186. The molecule has 10 aromatic rings. The minimum Gasteiger partial charge on any atom is -0.453 e. The molecule has 11 rings (SSSR count). The van der Waals surface area contributed by atoms with Gasteiger partial charge in [0.05, 0.1) is 33.9 Å². The summed E-state index contributed by atoms with van der Waals surface area (Å²) in [4.78, 5) is 10.4. The first-order valence-electron chi connectivity index (χ1n) is 19.0. The van der Waals surface area contributed by atoms with Gasteiger partial charge in [0.25, 0.3) is 0 Å². The van der Waals surface area contributed by atoms with Crippen molar-refractivity contribution in [2.45, 2.75) is 6.04 Å². The fraction of sp³-hybridized carbons (Fsp3) is 0.0196. The smallest absolute Gasteiger partial charge is 0.161 e. The maximum absolute atomic E-state index is 6.88. The van der Waals surface area contributed by atoms with E-state index in [9.17, 15) is 0 Å². The summed E-state index contributed by atoms with van der Waals surface area (Å²) in [6.07, 6.45) is 2.22. The Morgan fingerprint density at radius 2 is 1.09 bits per heavy atom. The molecular weight excluding hydrogens is 685 g/mol. The molecule has 5 nitrogen and oxygen atoms in total. The van der Waals surface area contributed by atoms with Crippen molar-refractivity contribution in [1.29, 1.82) is 0 Å². The normalized spacial score (nSPS) is 14.2. The van der Waals surface area contributed by atoms with Gasteiger partial charge in [0.1, 0.15) is 16.9 Å². The number of amidine groups is 1. The van der Waals surface area contributed by atoms with Crippen LogP contribution < -0.4 is 5.32 Å². The Morgan fingerprint density at radius 3 is 1.82 bits per heavy atom. The number of benzene rings is 7. The molecule has 0 radical (unpaired) electrons. The number of para-hydroxylation sites is 3. The summed E-state index contributed by atoms with van der Waals surface area (Å²) < 4.78 is 9.20. The van der Waals surface area contributed by atoms with E-state index in [0.717, 1.165) is 94.6 Å². The predicted molar refractivity (Wildman–Crippen MR) is 230 cm³/mol. The summed E-state index contributed by atoms with van der Waals surface area (Å²) in [5.74, 6) is 0.868. The third-order valence-electron chi connectivity index (χ3n) is 10.9. The van der Waals surface area contributed by atoms with E-state index in [-0.39, 0.29) is 6.04 Å². The maximum Gasteiger partial charge on any atom is 0.161 e. The van der Waals surface area contributed by atoms with Gasteiger partial charge in [-0.3, -0.25) is 0 Å². The van der Waals surface area contributed by atoms with Crippen LogP contribution in [0, 0.1) is 0 Å². The Morgan fingerprint density at radius 1 is 0.500 bits per heavy atom. The second kappa shape index (κ2) is 13.1. The minimum atomic E-state index is 0.00621. The van der Waals surface area contributed by atoms with Crippen LogP contribution in [0.1, 0.15) is 22.7 Å². The third kappa shape index (κ3) is 5.32. The highest BCUT2D eigenvalue weighted by Gasteiger charge is 2.25. The lowest BCUT2D eigenvalue weighted by atomic mass is 9.97. The van der Waals surface area contributed by atoms with Crippen LogP contribution in [0.4, 0.5) is 0 Å². The molecule has 264 valence electrons. The van der Waals surface area contributed by atoms with Crippen LogP contribution >= 0.6 is 0 Å². The molecule has 0 saturated carbocycles. The first-order chi connectivity index (χ1) is 27.8. The van der Waals surface area contributed by atoms with Gasteiger partial charge in [0.15, 0.2) is 5.58 Å². The maximum atomic E-state index is 6.88. The van der Waals surface area contributed by atoms with E-state index in [0.29, 0.717) is 0 Å². The number of aromatic nitrogens is 2. The summed E-state index contributed by atoms with van der Waals surface area (Å²) in [6, 6.07) is 65.6. The highest BCUT2D eigenvalue weighted by Crippen LogP contribution is 2.44. The van der Waals surface area contributed by atoms with E-state index in [4.69, 9.17) is 14.4 Å². The number of furan rings is 1. The van der Waals surface area contributed by atoms with E-state index in [1.165, 1.54) is 5.56 Å². The molecule has 0 fully saturated rings. The lowest BCUT2D eigenvalue weighted by Gasteiger charge is -2.24. The van der Waals surface area contributed by atoms with Gasteiger partial charge in [-0.15, -0.1) is 0 Å². The number of hydrogen-bond donors (Lipinski definition) is 1. The highest BCUT2D eigenvalue weighted by atomic mass is 16.3. The van der Waals surface area contributed by atoms with Crippen LogP contribution in [-0.4, -0.2) is 15.4 Å². The Kier molecular flexibility index (Phi) is 7.49. The van der Waals surface area contributed by atoms with Crippen LogP contribution in [0.5, 0.6) is 0 Å². The van der Waals surface area contributed by atoms with Gasteiger partial charge in [-0.25, -0.2) is 9.98 Å². The molecule has 1 aliphatic rings. The highest BCUT2D eigenvalue weighted by molar-refractivity contribution is 6.24. The van der Waals surface area contributed by atoms with Crippen molar-refractivity contribution < 1.29 is 4.42 Å². The fourth-order valence-electron chi connectivity index (χ4n) is 8.14. The summed E-state index contributed by atoms with van der Waals surface area (Å²) in [5, 5.41) is 6.74. The van der Waals surface area contributed by atoms with Crippen LogP contribution in [0.25, 0.3) is 77.6 Å². The van der Waals surface area contributed by atoms with Gasteiger partial charge in [-0.1, -0.05) is 152 Å². The van der Waals surface area contributed by atoms with Gasteiger partial charge >= 0.3 is 0 Å². The summed E-state index contributed by atoms with van der Waals surface area (Å²) in [7, 11) is 0. The topological polar surface area (TPSA) is 55.4 Å². The number of nitrogens with one attached hydrogen (secondary N) is 1. The molecular formula is C51H34N4O. The Labute approximate surface area is 323 Å². The van der Waals surface area contributed by atoms with Gasteiger partial charge in [-0.05, 0) is 64.7 Å².